The molecule has 0 heterocycles. The number of ether oxygens (including phenoxy) is 3. The van der Waals surface area contributed by atoms with Crippen LogP contribution in [-0.4, -0.2) is 55.6 Å². The van der Waals surface area contributed by atoms with Crippen molar-refractivity contribution < 1.29 is 28.6 Å². The molecule has 44 heavy (non-hydrogen) atoms. The lowest BCUT2D eigenvalue weighted by Gasteiger charge is -2.40. The molecule has 0 bridgehead atoms. The molecule has 0 aliphatic heterocycles. The maximum Gasteiger partial charge on any atom is 0.411 e. The summed E-state index contributed by atoms with van der Waals surface area (Å²) >= 11 is 0. The van der Waals surface area contributed by atoms with Crippen LogP contribution in [0, 0.1) is 0 Å². The van der Waals surface area contributed by atoms with Crippen molar-refractivity contribution in [2.75, 3.05) is 25.6 Å². The van der Waals surface area contributed by atoms with E-state index in [1.807, 2.05) is 57.2 Å². The molecule has 1 atom stereocenters. The Labute approximate surface area is 258 Å². The van der Waals surface area contributed by atoms with Crippen molar-refractivity contribution in [3.05, 3.63) is 89.5 Å². The standard InChI is InChI=1S/C35H41N3O6/c1-34(2,3)44-33(41)38-25(21-36-35(18-9-19-35)31(39)42-4)20-23-14-16-24(17-15-23)37-32(40)43-22-30-28-12-7-5-10-26(28)27-11-6-8-13-29(27)30/h5-8,10-17,25,30,36H,9,18-22H2,1-4H3,(H,37,40)(H,38,41)/t25-/m0/s1. The van der Waals surface area contributed by atoms with E-state index in [1.54, 1.807) is 12.1 Å². The summed E-state index contributed by atoms with van der Waals surface area (Å²) < 4.78 is 16.2. The first kappa shape index (κ1) is 31.1. The molecule has 1 saturated carbocycles. The summed E-state index contributed by atoms with van der Waals surface area (Å²) in [4.78, 5) is 37.8. The van der Waals surface area contributed by atoms with Gasteiger partial charge in [-0.1, -0.05) is 60.7 Å². The van der Waals surface area contributed by atoms with Crippen LogP contribution in [0.25, 0.3) is 11.1 Å². The summed E-state index contributed by atoms with van der Waals surface area (Å²) in [5.74, 6) is -0.305. The molecule has 2 amide bonds. The minimum absolute atomic E-state index is 0.0169. The van der Waals surface area contributed by atoms with Crippen molar-refractivity contribution in [1.29, 1.82) is 0 Å². The van der Waals surface area contributed by atoms with E-state index in [9.17, 15) is 14.4 Å². The number of carbonyl (C=O) groups is 3. The highest BCUT2D eigenvalue weighted by atomic mass is 16.6. The van der Waals surface area contributed by atoms with Crippen molar-refractivity contribution in [3.63, 3.8) is 0 Å². The van der Waals surface area contributed by atoms with Crippen LogP contribution < -0.4 is 16.0 Å². The smallest absolute Gasteiger partial charge is 0.411 e. The lowest BCUT2D eigenvalue weighted by Crippen LogP contribution is -2.60. The van der Waals surface area contributed by atoms with Gasteiger partial charge < -0.3 is 19.5 Å². The molecule has 3 aromatic carbocycles. The van der Waals surface area contributed by atoms with Crippen LogP contribution in [0.1, 0.15) is 62.6 Å². The van der Waals surface area contributed by atoms with E-state index in [2.05, 4.69) is 40.2 Å². The molecule has 232 valence electrons. The average Bonchev–Trinajstić information content (AvgIpc) is 3.29. The largest absolute Gasteiger partial charge is 0.468 e. The minimum atomic E-state index is -0.723. The number of esters is 1. The zero-order chi connectivity index (χ0) is 31.3. The second-order valence-electron chi connectivity index (χ2n) is 12.5. The van der Waals surface area contributed by atoms with Gasteiger partial charge in [0, 0.05) is 24.2 Å². The van der Waals surface area contributed by atoms with Crippen LogP contribution >= 0.6 is 0 Å². The molecule has 3 aromatic rings. The summed E-state index contributed by atoms with van der Waals surface area (Å²) in [5, 5.41) is 9.10. The van der Waals surface area contributed by atoms with E-state index >= 15 is 0 Å². The number of carbonyl (C=O) groups excluding carboxylic acids is 3. The van der Waals surface area contributed by atoms with Gasteiger partial charge in [0.2, 0.25) is 0 Å². The predicted octanol–water partition coefficient (Wildman–Crippen LogP) is 6.17. The van der Waals surface area contributed by atoms with Crippen LogP contribution in [0.5, 0.6) is 0 Å². The number of amides is 2. The zero-order valence-corrected chi connectivity index (χ0v) is 25.8. The fourth-order valence-electron chi connectivity index (χ4n) is 5.91. The third kappa shape index (κ3) is 7.22. The highest BCUT2D eigenvalue weighted by Gasteiger charge is 2.45. The minimum Gasteiger partial charge on any atom is -0.468 e. The molecule has 2 aliphatic carbocycles. The Morgan fingerprint density at radius 3 is 2.05 bits per heavy atom. The maximum atomic E-state index is 12.7. The summed E-state index contributed by atoms with van der Waals surface area (Å²) in [5.41, 5.74) is 4.83. The van der Waals surface area contributed by atoms with Crippen molar-refractivity contribution in [2.24, 2.45) is 0 Å². The van der Waals surface area contributed by atoms with E-state index in [0.29, 0.717) is 31.5 Å². The molecular formula is C35H41N3O6. The number of anilines is 1. The second kappa shape index (κ2) is 13.1. The molecule has 5 rings (SSSR count). The maximum absolute atomic E-state index is 12.7. The summed E-state index contributed by atoms with van der Waals surface area (Å²) in [6, 6.07) is 23.5. The van der Waals surface area contributed by atoms with Gasteiger partial charge in [0.25, 0.3) is 0 Å². The van der Waals surface area contributed by atoms with Gasteiger partial charge in [-0.15, -0.1) is 0 Å². The first-order valence-electron chi connectivity index (χ1n) is 15.1. The van der Waals surface area contributed by atoms with Gasteiger partial charge >= 0.3 is 18.2 Å². The molecule has 9 heteroatoms. The highest BCUT2D eigenvalue weighted by molar-refractivity contribution is 5.85. The average molecular weight is 600 g/mol. The topological polar surface area (TPSA) is 115 Å². The number of alkyl carbamates (subject to hydrolysis) is 1. The molecular weight excluding hydrogens is 558 g/mol. The quantitative estimate of drug-likeness (QED) is 0.189. The van der Waals surface area contributed by atoms with Gasteiger partial charge in [-0.3, -0.25) is 15.4 Å². The molecule has 2 aliphatic rings. The molecule has 0 radical (unpaired) electrons. The van der Waals surface area contributed by atoms with Crippen molar-refractivity contribution in [3.8, 4) is 11.1 Å². The Bertz CT molecular complexity index is 1450. The number of rotatable bonds is 10. The Balaban J connectivity index is 1.18. The van der Waals surface area contributed by atoms with Crippen molar-refractivity contribution in [2.45, 2.75) is 69.6 Å². The molecule has 0 saturated heterocycles. The van der Waals surface area contributed by atoms with E-state index in [-0.39, 0.29) is 24.5 Å². The van der Waals surface area contributed by atoms with Crippen LogP contribution in [0.2, 0.25) is 0 Å². The monoisotopic (exact) mass is 599 g/mol. The van der Waals surface area contributed by atoms with Crippen LogP contribution in [0.15, 0.2) is 72.8 Å². The number of hydrogen-bond donors (Lipinski definition) is 3. The Morgan fingerprint density at radius 2 is 1.50 bits per heavy atom. The van der Waals surface area contributed by atoms with Crippen molar-refractivity contribution >= 4 is 23.8 Å². The number of nitrogens with one attached hydrogen (secondary N) is 3. The Kier molecular flexibility index (Phi) is 9.25. The van der Waals surface area contributed by atoms with Gasteiger partial charge in [-0.2, -0.15) is 0 Å². The number of benzene rings is 3. The van der Waals surface area contributed by atoms with E-state index in [0.717, 1.165) is 23.1 Å². The Morgan fingerprint density at radius 1 is 0.886 bits per heavy atom. The third-order valence-electron chi connectivity index (χ3n) is 8.22. The normalized spacial score (nSPS) is 15.6. The van der Waals surface area contributed by atoms with E-state index in [4.69, 9.17) is 14.2 Å². The SMILES string of the molecule is COC(=O)C1(NC[C@H](Cc2ccc(NC(=O)OCC3c4ccccc4-c4ccccc43)cc2)NC(=O)OC(C)(C)C)CCC1. The fraction of sp³-hybridized carbons (Fsp3) is 0.400. The van der Waals surface area contributed by atoms with Crippen LogP contribution in [-0.2, 0) is 25.4 Å². The van der Waals surface area contributed by atoms with Crippen LogP contribution in [0.4, 0.5) is 15.3 Å². The van der Waals surface area contributed by atoms with Gasteiger partial charge in [0.05, 0.1) is 7.11 Å². The van der Waals surface area contributed by atoms with Gasteiger partial charge in [-0.05, 0) is 86.4 Å². The van der Waals surface area contributed by atoms with E-state index in [1.165, 1.54) is 18.2 Å². The molecule has 9 nitrogen and oxygen atoms in total. The molecule has 3 N–H and O–H groups in total. The first-order valence-corrected chi connectivity index (χ1v) is 15.1. The number of methoxy groups -OCH3 is 1. The molecule has 1 fully saturated rings. The summed E-state index contributed by atoms with van der Waals surface area (Å²) in [6.07, 6.45) is 1.74. The lowest BCUT2D eigenvalue weighted by molar-refractivity contribution is -0.152. The second-order valence-corrected chi connectivity index (χ2v) is 12.5. The van der Waals surface area contributed by atoms with Gasteiger partial charge in [-0.25, -0.2) is 9.59 Å². The van der Waals surface area contributed by atoms with E-state index < -0.39 is 23.3 Å². The zero-order valence-electron chi connectivity index (χ0n) is 25.8. The summed E-state index contributed by atoms with van der Waals surface area (Å²) in [7, 11) is 1.39. The number of hydrogen-bond acceptors (Lipinski definition) is 7. The summed E-state index contributed by atoms with van der Waals surface area (Å²) in [6.45, 7) is 6.01. The molecule has 0 spiro atoms. The Hall–Kier alpha value is -4.37. The first-order chi connectivity index (χ1) is 21.1. The fourth-order valence-corrected chi connectivity index (χ4v) is 5.91. The lowest BCUT2D eigenvalue weighted by atomic mass is 9.76. The third-order valence-corrected chi connectivity index (χ3v) is 8.22. The van der Waals surface area contributed by atoms with Crippen molar-refractivity contribution in [1.82, 2.24) is 10.6 Å². The highest BCUT2D eigenvalue weighted by Crippen LogP contribution is 2.44. The molecule has 0 aromatic heterocycles. The number of fused-ring (bicyclic) bond motifs is 3. The van der Waals surface area contributed by atoms with Gasteiger partial charge in [0.1, 0.15) is 17.7 Å². The van der Waals surface area contributed by atoms with Gasteiger partial charge in [0.15, 0.2) is 0 Å². The predicted molar refractivity (Wildman–Crippen MR) is 169 cm³/mol. The molecule has 0 unspecified atom stereocenters. The van der Waals surface area contributed by atoms with Crippen LogP contribution in [0.3, 0.4) is 0 Å².